The molecule has 0 aliphatic carbocycles. The number of nitrogens with zero attached hydrogens (tertiary/aromatic N) is 1. The van der Waals surface area contributed by atoms with E-state index in [0.29, 0.717) is 6.54 Å². The molecule has 0 aromatic heterocycles. The van der Waals surface area contributed by atoms with Crippen LogP contribution in [0.4, 0.5) is 0 Å². The molecule has 0 saturated heterocycles. The van der Waals surface area contributed by atoms with E-state index in [2.05, 4.69) is 11.9 Å². The van der Waals surface area contributed by atoms with Gasteiger partial charge in [0.1, 0.15) is 0 Å². The number of hydrogen-bond donors (Lipinski definition) is 2. The van der Waals surface area contributed by atoms with Crippen molar-refractivity contribution in [2.75, 3.05) is 26.7 Å². The van der Waals surface area contributed by atoms with Gasteiger partial charge in [-0.25, -0.2) is 0 Å². The Bertz CT molecular complexity index is 254. The van der Waals surface area contributed by atoms with E-state index in [0.717, 1.165) is 25.7 Å². The number of nitrogens with two attached hydrogens (primary N) is 1. The summed E-state index contributed by atoms with van der Waals surface area (Å²) in [7, 11) is 1.74. The van der Waals surface area contributed by atoms with E-state index in [9.17, 15) is 9.59 Å². The second kappa shape index (κ2) is 9.84. The van der Waals surface area contributed by atoms with Crippen LogP contribution in [0.3, 0.4) is 0 Å². The van der Waals surface area contributed by atoms with E-state index >= 15 is 0 Å². The van der Waals surface area contributed by atoms with Crippen LogP contribution < -0.4 is 11.1 Å². The lowest BCUT2D eigenvalue weighted by atomic mass is 10.2. The van der Waals surface area contributed by atoms with Crippen molar-refractivity contribution in [3.05, 3.63) is 12.7 Å². The minimum Gasteiger partial charge on any atom is -0.346 e. The van der Waals surface area contributed by atoms with E-state index in [-0.39, 0.29) is 24.9 Å². The van der Waals surface area contributed by atoms with Gasteiger partial charge in [0.25, 0.3) is 0 Å². The van der Waals surface area contributed by atoms with E-state index < -0.39 is 0 Å². The lowest BCUT2D eigenvalue weighted by Gasteiger charge is -2.17. The molecule has 17 heavy (non-hydrogen) atoms. The summed E-state index contributed by atoms with van der Waals surface area (Å²) >= 11 is 0. The first-order chi connectivity index (χ1) is 8.11. The zero-order chi connectivity index (χ0) is 13.1. The fourth-order valence-electron chi connectivity index (χ4n) is 1.32. The number of carbonyl (C=O) groups is 2. The summed E-state index contributed by atoms with van der Waals surface area (Å²) in [6.45, 7) is 4.31. The summed E-state index contributed by atoms with van der Waals surface area (Å²) in [5.74, 6) is -0.395. The van der Waals surface area contributed by atoms with Crippen molar-refractivity contribution in [3.63, 3.8) is 0 Å². The van der Waals surface area contributed by atoms with Crippen molar-refractivity contribution < 1.29 is 9.59 Å². The molecule has 0 saturated carbocycles. The molecule has 5 nitrogen and oxygen atoms in total. The summed E-state index contributed by atoms with van der Waals surface area (Å²) in [4.78, 5) is 24.0. The van der Waals surface area contributed by atoms with Gasteiger partial charge in [0.15, 0.2) is 0 Å². The second-order valence-corrected chi connectivity index (χ2v) is 3.93. The number of rotatable bonds is 9. The molecule has 0 fully saturated rings. The van der Waals surface area contributed by atoms with Gasteiger partial charge < -0.3 is 16.0 Å². The number of unbranched alkanes of at least 4 members (excludes halogenated alkanes) is 3. The normalized spacial score (nSPS) is 9.76. The number of carbonyl (C=O) groups excluding carboxylic acids is 2. The van der Waals surface area contributed by atoms with Gasteiger partial charge in [0.05, 0.1) is 13.1 Å². The molecule has 0 heterocycles. The van der Waals surface area contributed by atoms with Crippen molar-refractivity contribution in [1.82, 2.24) is 10.2 Å². The lowest BCUT2D eigenvalue weighted by molar-refractivity contribution is -0.131. The Morgan fingerprint density at radius 1 is 1.35 bits per heavy atom. The molecule has 0 spiro atoms. The van der Waals surface area contributed by atoms with Crippen LogP contribution in [0.25, 0.3) is 0 Å². The third-order valence-electron chi connectivity index (χ3n) is 2.45. The molecule has 0 aliphatic heterocycles. The number of likely N-dealkylation sites (N-methyl/N-ethyl adjacent to an activating group) is 1. The van der Waals surface area contributed by atoms with Crippen LogP contribution in [0.1, 0.15) is 25.7 Å². The maximum atomic E-state index is 11.5. The number of nitrogens with one attached hydrogen (secondary N) is 1. The Balaban J connectivity index is 3.60. The van der Waals surface area contributed by atoms with E-state index in [1.54, 1.807) is 11.9 Å². The van der Waals surface area contributed by atoms with Crippen LogP contribution >= 0.6 is 0 Å². The monoisotopic (exact) mass is 241 g/mol. The van der Waals surface area contributed by atoms with Crippen molar-refractivity contribution in [2.45, 2.75) is 25.7 Å². The van der Waals surface area contributed by atoms with Crippen LogP contribution in [0, 0.1) is 0 Å². The fourth-order valence-corrected chi connectivity index (χ4v) is 1.32. The van der Waals surface area contributed by atoms with E-state index in [4.69, 9.17) is 5.73 Å². The first-order valence-corrected chi connectivity index (χ1v) is 5.93. The highest BCUT2D eigenvalue weighted by atomic mass is 16.2. The summed E-state index contributed by atoms with van der Waals surface area (Å²) in [6.07, 6.45) is 6.08. The van der Waals surface area contributed by atoms with Crippen LogP contribution in [0.15, 0.2) is 12.7 Å². The number of amides is 2. The summed E-state index contributed by atoms with van der Waals surface area (Å²) in [5.41, 5.74) is 5.12. The maximum Gasteiger partial charge on any atom is 0.241 e. The topological polar surface area (TPSA) is 75.4 Å². The Hall–Kier alpha value is -1.36. The van der Waals surface area contributed by atoms with Gasteiger partial charge in [0, 0.05) is 13.6 Å². The van der Waals surface area contributed by atoms with Crippen molar-refractivity contribution in [1.29, 1.82) is 0 Å². The van der Waals surface area contributed by atoms with Gasteiger partial charge in [-0.15, -0.1) is 6.58 Å². The minimum absolute atomic E-state index is 0.0270. The highest BCUT2D eigenvalue weighted by Gasteiger charge is 2.08. The van der Waals surface area contributed by atoms with Crippen molar-refractivity contribution >= 4 is 11.8 Å². The average Bonchev–Trinajstić information content (AvgIpc) is 2.34. The highest BCUT2D eigenvalue weighted by molar-refractivity contribution is 5.85. The molecule has 3 N–H and O–H groups in total. The summed E-state index contributed by atoms with van der Waals surface area (Å²) in [6, 6.07) is 0. The molecule has 0 bridgehead atoms. The molecule has 0 aromatic rings. The first-order valence-electron chi connectivity index (χ1n) is 5.93. The molecule has 0 aromatic carbocycles. The molecular formula is C12H23N3O2. The third kappa shape index (κ3) is 8.45. The second-order valence-electron chi connectivity index (χ2n) is 3.93. The van der Waals surface area contributed by atoms with Crippen LogP contribution in [-0.2, 0) is 9.59 Å². The average molecular weight is 241 g/mol. The Morgan fingerprint density at radius 2 is 2.06 bits per heavy atom. The van der Waals surface area contributed by atoms with Gasteiger partial charge in [0.2, 0.25) is 11.8 Å². The van der Waals surface area contributed by atoms with E-state index in [1.807, 2.05) is 6.08 Å². The predicted molar refractivity (Wildman–Crippen MR) is 68.4 cm³/mol. The SMILES string of the molecule is C=CCCCCCN(C)C(=O)CNC(=O)CN. The Labute approximate surface area is 103 Å². The van der Waals surface area contributed by atoms with Crippen molar-refractivity contribution in [3.8, 4) is 0 Å². The molecule has 0 aliphatic rings. The molecule has 0 rings (SSSR count). The maximum absolute atomic E-state index is 11.5. The molecular weight excluding hydrogens is 218 g/mol. The molecule has 2 amide bonds. The first kappa shape index (κ1) is 15.6. The Kier molecular flexibility index (Phi) is 9.05. The van der Waals surface area contributed by atoms with Crippen LogP contribution in [0.2, 0.25) is 0 Å². The van der Waals surface area contributed by atoms with Gasteiger partial charge in [-0.1, -0.05) is 12.5 Å². The number of allylic oxidation sites excluding steroid dienone is 1. The molecule has 98 valence electrons. The molecule has 5 heteroatoms. The van der Waals surface area contributed by atoms with Gasteiger partial charge in [-0.2, -0.15) is 0 Å². The smallest absolute Gasteiger partial charge is 0.241 e. The van der Waals surface area contributed by atoms with Crippen LogP contribution in [-0.4, -0.2) is 43.4 Å². The third-order valence-corrected chi connectivity index (χ3v) is 2.45. The van der Waals surface area contributed by atoms with Gasteiger partial charge in [-0.05, 0) is 19.3 Å². The largest absolute Gasteiger partial charge is 0.346 e. The quantitative estimate of drug-likeness (QED) is 0.449. The molecule has 0 unspecified atom stereocenters. The fraction of sp³-hybridized carbons (Fsp3) is 0.667. The van der Waals surface area contributed by atoms with Crippen molar-refractivity contribution in [2.24, 2.45) is 5.73 Å². The zero-order valence-electron chi connectivity index (χ0n) is 10.6. The Morgan fingerprint density at radius 3 is 2.65 bits per heavy atom. The number of hydrogen-bond acceptors (Lipinski definition) is 3. The summed E-state index contributed by atoms with van der Waals surface area (Å²) < 4.78 is 0. The molecule has 0 radical (unpaired) electrons. The van der Waals surface area contributed by atoms with Gasteiger partial charge in [-0.3, -0.25) is 9.59 Å². The minimum atomic E-state index is -0.308. The lowest BCUT2D eigenvalue weighted by Crippen LogP contribution is -2.40. The molecule has 0 atom stereocenters. The van der Waals surface area contributed by atoms with Gasteiger partial charge >= 0.3 is 0 Å². The zero-order valence-corrected chi connectivity index (χ0v) is 10.6. The van der Waals surface area contributed by atoms with E-state index in [1.165, 1.54) is 0 Å². The van der Waals surface area contributed by atoms with Crippen LogP contribution in [0.5, 0.6) is 0 Å². The highest BCUT2D eigenvalue weighted by Crippen LogP contribution is 2.01. The predicted octanol–water partition coefficient (Wildman–Crippen LogP) is 0.266. The standard InChI is InChI=1S/C12H23N3O2/c1-3-4-5-6-7-8-15(2)12(17)10-14-11(16)9-13/h3H,1,4-10,13H2,2H3,(H,14,16). The summed E-state index contributed by atoms with van der Waals surface area (Å²) in [5, 5.41) is 2.46.